The van der Waals surface area contributed by atoms with Crippen LogP contribution >= 0.6 is 0 Å². The molecule has 4 rings (SSSR count). The molecule has 2 N–H and O–H groups in total. The Kier molecular flexibility index (Phi) is 6.01. The number of aromatic nitrogens is 3. The van der Waals surface area contributed by atoms with Gasteiger partial charge >= 0.3 is 0 Å². The molecule has 0 amide bonds. The van der Waals surface area contributed by atoms with Gasteiger partial charge in [0.2, 0.25) is 17.8 Å². The van der Waals surface area contributed by atoms with Crippen LogP contribution in [0.5, 0.6) is 5.75 Å². The number of nitrogens with one attached hydrogen (secondary N) is 1. The van der Waals surface area contributed by atoms with Gasteiger partial charge in [-0.1, -0.05) is 0 Å². The molecule has 10 heteroatoms. The highest BCUT2D eigenvalue weighted by atomic mass is 16.5. The maximum absolute atomic E-state index is 9.45. The highest BCUT2D eigenvalue weighted by molar-refractivity contribution is 5.99. The van der Waals surface area contributed by atoms with E-state index in [4.69, 9.17) is 9.47 Å². The number of anilines is 3. The number of phenolic OH excluding ortho intramolecular Hbond substituents is 1. The lowest BCUT2D eigenvalue weighted by Crippen LogP contribution is -2.40. The number of rotatable bonds is 5. The van der Waals surface area contributed by atoms with Gasteiger partial charge in [0.1, 0.15) is 5.75 Å². The van der Waals surface area contributed by atoms with Crippen molar-refractivity contribution >= 4 is 23.6 Å². The number of hydrazone groups is 1. The second-order valence-electron chi connectivity index (χ2n) is 6.81. The zero-order valence-corrected chi connectivity index (χ0v) is 16.4. The summed E-state index contributed by atoms with van der Waals surface area (Å²) in [5, 5.41) is 13.9. The zero-order valence-electron chi connectivity index (χ0n) is 16.4. The molecular weight excluding hydrogens is 374 g/mol. The topological polar surface area (TPSA) is 108 Å². The fourth-order valence-electron chi connectivity index (χ4n) is 3.11. The fourth-order valence-corrected chi connectivity index (χ4v) is 3.11. The summed E-state index contributed by atoms with van der Waals surface area (Å²) < 4.78 is 10.9. The van der Waals surface area contributed by atoms with Crippen molar-refractivity contribution < 1.29 is 14.6 Å². The summed E-state index contributed by atoms with van der Waals surface area (Å²) >= 11 is 0. The minimum atomic E-state index is 0.220. The van der Waals surface area contributed by atoms with Crippen molar-refractivity contribution in [2.45, 2.75) is 6.92 Å². The molecule has 0 atom stereocenters. The first-order valence-electron chi connectivity index (χ1n) is 9.70. The number of benzene rings is 1. The van der Waals surface area contributed by atoms with Gasteiger partial charge in [-0.2, -0.15) is 20.1 Å². The molecule has 154 valence electrons. The minimum Gasteiger partial charge on any atom is -0.508 e. The number of morpholine rings is 2. The zero-order chi connectivity index (χ0) is 20.1. The van der Waals surface area contributed by atoms with Crippen LogP contribution in [0.1, 0.15) is 12.5 Å². The molecular formula is C19H25N7O3. The van der Waals surface area contributed by atoms with Gasteiger partial charge in [0.15, 0.2) is 0 Å². The molecule has 2 aliphatic rings. The molecule has 0 aliphatic carbocycles. The molecule has 2 aromatic rings. The average molecular weight is 399 g/mol. The fraction of sp³-hybridized carbons (Fsp3) is 0.474. The summed E-state index contributed by atoms with van der Waals surface area (Å²) in [6.07, 6.45) is 0. The largest absolute Gasteiger partial charge is 0.508 e. The molecule has 0 bridgehead atoms. The van der Waals surface area contributed by atoms with E-state index < -0.39 is 0 Å². The summed E-state index contributed by atoms with van der Waals surface area (Å²) in [5.41, 5.74) is 4.61. The van der Waals surface area contributed by atoms with Gasteiger partial charge in [-0.3, -0.25) is 0 Å². The smallest absolute Gasteiger partial charge is 0.250 e. The summed E-state index contributed by atoms with van der Waals surface area (Å²) in [4.78, 5) is 18.0. The van der Waals surface area contributed by atoms with E-state index in [0.29, 0.717) is 44.3 Å². The molecule has 3 heterocycles. The van der Waals surface area contributed by atoms with E-state index in [2.05, 4.69) is 35.3 Å². The normalized spacial score (nSPS) is 18.0. The number of aromatic hydroxyl groups is 1. The number of hydrogen-bond acceptors (Lipinski definition) is 10. The summed E-state index contributed by atoms with van der Waals surface area (Å²) in [6, 6.07) is 6.87. The summed E-state index contributed by atoms with van der Waals surface area (Å²) in [5.74, 6) is 1.84. The van der Waals surface area contributed by atoms with Gasteiger partial charge in [0.05, 0.1) is 32.1 Å². The molecule has 0 unspecified atom stereocenters. The predicted molar refractivity (Wildman–Crippen MR) is 110 cm³/mol. The van der Waals surface area contributed by atoms with Gasteiger partial charge in [-0.05, 0) is 36.8 Å². The molecule has 2 saturated heterocycles. The highest BCUT2D eigenvalue weighted by Crippen LogP contribution is 2.19. The van der Waals surface area contributed by atoms with Crippen molar-refractivity contribution in [1.29, 1.82) is 0 Å². The third-order valence-electron chi connectivity index (χ3n) is 4.81. The van der Waals surface area contributed by atoms with E-state index in [0.717, 1.165) is 37.5 Å². The van der Waals surface area contributed by atoms with Crippen molar-refractivity contribution in [3.8, 4) is 5.75 Å². The second kappa shape index (κ2) is 9.01. The quantitative estimate of drug-likeness (QED) is 0.564. The first-order chi connectivity index (χ1) is 14.2. The Bertz CT molecular complexity index is 811. The van der Waals surface area contributed by atoms with E-state index in [1.807, 2.05) is 19.1 Å². The van der Waals surface area contributed by atoms with Crippen molar-refractivity contribution in [3.05, 3.63) is 29.8 Å². The standard InChI is InChI=1S/C19H25N7O3/c1-14(15-2-4-16(27)5-3-15)23-24-17-20-18(25-6-10-28-11-7-25)22-19(21-17)26-8-12-29-13-9-26/h2-5,27H,6-13H2,1H3,(H,20,21,22,24)/b23-14-. The second-order valence-corrected chi connectivity index (χ2v) is 6.81. The van der Waals surface area contributed by atoms with Crippen LogP contribution < -0.4 is 15.2 Å². The third-order valence-corrected chi connectivity index (χ3v) is 4.81. The third kappa shape index (κ3) is 4.90. The van der Waals surface area contributed by atoms with Crippen LogP contribution in [0.3, 0.4) is 0 Å². The van der Waals surface area contributed by atoms with Crippen molar-refractivity contribution in [2.24, 2.45) is 5.10 Å². The predicted octanol–water partition coefficient (Wildman–Crippen LogP) is 1.09. The van der Waals surface area contributed by atoms with Gasteiger partial charge < -0.3 is 24.4 Å². The Morgan fingerprint density at radius 3 is 1.93 bits per heavy atom. The maximum Gasteiger partial charge on any atom is 0.250 e. The molecule has 1 aromatic heterocycles. The number of phenols is 1. The van der Waals surface area contributed by atoms with E-state index in [1.165, 1.54) is 0 Å². The van der Waals surface area contributed by atoms with Crippen LogP contribution in [0.15, 0.2) is 29.4 Å². The van der Waals surface area contributed by atoms with E-state index >= 15 is 0 Å². The Hall–Kier alpha value is -2.98. The molecule has 2 aliphatic heterocycles. The Balaban J connectivity index is 1.58. The number of ether oxygens (including phenoxy) is 2. The molecule has 29 heavy (non-hydrogen) atoms. The monoisotopic (exact) mass is 399 g/mol. The molecule has 1 aromatic carbocycles. The number of hydrogen-bond donors (Lipinski definition) is 2. The Labute approximate surface area is 169 Å². The highest BCUT2D eigenvalue weighted by Gasteiger charge is 2.20. The number of nitrogens with zero attached hydrogens (tertiary/aromatic N) is 6. The van der Waals surface area contributed by atoms with Gasteiger partial charge in [0.25, 0.3) is 0 Å². The van der Waals surface area contributed by atoms with Crippen LogP contribution in [0.4, 0.5) is 17.8 Å². The van der Waals surface area contributed by atoms with Crippen LogP contribution in [0.2, 0.25) is 0 Å². The first kappa shape index (κ1) is 19.3. The van der Waals surface area contributed by atoms with E-state index in [1.54, 1.807) is 12.1 Å². The van der Waals surface area contributed by atoms with Crippen molar-refractivity contribution in [1.82, 2.24) is 15.0 Å². The lowest BCUT2D eigenvalue weighted by Gasteiger charge is -2.30. The minimum absolute atomic E-state index is 0.220. The molecule has 0 radical (unpaired) electrons. The average Bonchev–Trinajstić information content (AvgIpc) is 2.79. The van der Waals surface area contributed by atoms with Gasteiger partial charge in [-0.25, -0.2) is 5.43 Å². The van der Waals surface area contributed by atoms with Crippen molar-refractivity contribution in [2.75, 3.05) is 67.8 Å². The summed E-state index contributed by atoms with van der Waals surface area (Å²) in [6.45, 7) is 7.44. The molecule has 2 fully saturated rings. The van der Waals surface area contributed by atoms with Crippen LogP contribution in [0.25, 0.3) is 0 Å². The maximum atomic E-state index is 9.45. The summed E-state index contributed by atoms with van der Waals surface area (Å²) in [7, 11) is 0. The lowest BCUT2D eigenvalue weighted by molar-refractivity contribution is 0.121. The van der Waals surface area contributed by atoms with E-state index in [9.17, 15) is 5.11 Å². The van der Waals surface area contributed by atoms with E-state index in [-0.39, 0.29) is 5.75 Å². The Morgan fingerprint density at radius 2 is 1.41 bits per heavy atom. The molecule has 10 nitrogen and oxygen atoms in total. The van der Waals surface area contributed by atoms with Gasteiger partial charge in [-0.15, -0.1) is 0 Å². The van der Waals surface area contributed by atoms with Crippen LogP contribution in [-0.4, -0.2) is 78.4 Å². The molecule has 0 saturated carbocycles. The Morgan fingerprint density at radius 1 is 0.897 bits per heavy atom. The van der Waals surface area contributed by atoms with Crippen LogP contribution in [0, 0.1) is 0 Å². The molecule has 0 spiro atoms. The first-order valence-corrected chi connectivity index (χ1v) is 9.70. The van der Waals surface area contributed by atoms with Crippen LogP contribution in [-0.2, 0) is 9.47 Å². The van der Waals surface area contributed by atoms with Gasteiger partial charge in [0, 0.05) is 26.2 Å². The SMILES string of the molecule is C/C(=N/Nc1nc(N2CCOCC2)nc(N2CCOCC2)n1)c1ccc(O)cc1. The van der Waals surface area contributed by atoms with Crippen molar-refractivity contribution in [3.63, 3.8) is 0 Å². The lowest BCUT2D eigenvalue weighted by atomic mass is 10.1.